The van der Waals surface area contributed by atoms with Crippen molar-refractivity contribution < 1.29 is 23.1 Å². The van der Waals surface area contributed by atoms with Crippen LogP contribution in [0, 0.1) is 5.92 Å². The second-order valence-electron chi connectivity index (χ2n) is 9.12. The van der Waals surface area contributed by atoms with Crippen molar-refractivity contribution in [1.82, 2.24) is 9.62 Å². The fourth-order valence-corrected chi connectivity index (χ4v) is 6.22. The molecule has 178 valence electrons. The number of nitrogens with zero attached hydrogens (tertiary/aromatic N) is 1. The second kappa shape index (κ2) is 9.83. The van der Waals surface area contributed by atoms with Crippen molar-refractivity contribution >= 4 is 15.9 Å². The van der Waals surface area contributed by atoms with Crippen molar-refractivity contribution in [2.45, 2.75) is 55.1 Å². The van der Waals surface area contributed by atoms with E-state index in [1.807, 2.05) is 30.3 Å². The molecule has 0 bridgehead atoms. The van der Waals surface area contributed by atoms with Gasteiger partial charge in [0.1, 0.15) is 11.8 Å². The van der Waals surface area contributed by atoms with Crippen LogP contribution in [-0.2, 0) is 21.2 Å². The Hall–Kier alpha value is -2.42. The number of ether oxygens (including phenoxy) is 1. The quantitative estimate of drug-likeness (QED) is 0.646. The number of carbonyl (C=O) groups is 1. The standard InChI is InChI=1S/C25H32N2O5S/c1-32-21-10-12-22(13-11-21)33(30,31)26-23(17-19-7-3-2-4-8-19)24(28)27-16-15-25(29)14-6-5-9-20(25)18-27/h2-4,7-8,10-13,20,23,26,29H,5-6,9,14-18H2,1H3/t20-,23-,25-/m1/s1. The molecule has 8 heteroatoms. The molecule has 2 fully saturated rings. The van der Waals surface area contributed by atoms with Crippen LogP contribution in [0.2, 0.25) is 0 Å². The highest BCUT2D eigenvalue weighted by molar-refractivity contribution is 7.89. The molecule has 0 radical (unpaired) electrons. The van der Waals surface area contributed by atoms with Gasteiger partial charge in [0.15, 0.2) is 0 Å². The van der Waals surface area contributed by atoms with Gasteiger partial charge in [-0.1, -0.05) is 43.2 Å². The Balaban J connectivity index is 1.56. The van der Waals surface area contributed by atoms with Crippen LogP contribution in [0.3, 0.4) is 0 Å². The van der Waals surface area contributed by atoms with E-state index >= 15 is 0 Å². The fraction of sp³-hybridized carbons (Fsp3) is 0.480. The van der Waals surface area contributed by atoms with Gasteiger partial charge in [-0.2, -0.15) is 4.72 Å². The van der Waals surface area contributed by atoms with Gasteiger partial charge in [0.25, 0.3) is 0 Å². The zero-order valence-corrected chi connectivity index (χ0v) is 19.8. The summed E-state index contributed by atoms with van der Waals surface area (Å²) in [6, 6.07) is 14.6. The van der Waals surface area contributed by atoms with Gasteiger partial charge in [-0.3, -0.25) is 4.79 Å². The molecule has 3 atom stereocenters. The fourth-order valence-electron chi connectivity index (χ4n) is 5.03. The number of hydrogen-bond acceptors (Lipinski definition) is 5. The van der Waals surface area contributed by atoms with E-state index in [4.69, 9.17) is 4.74 Å². The number of methoxy groups -OCH3 is 1. The van der Waals surface area contributed by atoms with E-state index in [-0.39, 0.29) is 23.1 Å². The lowest BCUT2D eigenvalue weighted by atomic mass is 9.71. The number of carbonyl (C=O) groups excluding carboxylic acids is 1. The molecule has 1 heterocycles. The molecule has 1 amide bonds. The van der Waals surface area contributed by atoms with Crippen molar-refractivity contribution in [2.24, 2.45) is 5.92 Å². The summed E-state index contributed by atoms with van der Waals surface area (Å²) >= 11 is 0. The van der Waals surface area contributed by atoms with Gasteiger partial charge in [0.05, 0.1) is 17.6 Å². The highest BCUT2D eigenvalue weighted by atomic mass is 32.2. The van der Waals surface area contributed by atoms with E-state index < -0.39 is 21.7 Å². The summed E-state index contributed by atoms with van der Waals surface area (Å²) in [5.74, 6) is 0.349. The molecule has 0 spiro atoms. The van der Waals surface area contributed by atoms with E-state index in [1.165, 1.54) is 19.2 Å². The number of hydrogen-bond donors (Lipinski definition) is 2. The summed E-state index contributed by atoms with van der Waals surface area (Å²) in [5.41, 5.74) is 0.173. The first-order valence-electron chi connectivity index (χ1n) is 11.5. The summed E-state index contributed by atoms with van der Waals surface area (Å²) in [4.78, 5) is 15.4. The minimum absolute atomic E-state index is 0.0412. The normalized spacial score (nSPS) is 24.1. The van der Waals surface area contributed by atoms with Gasteiger partial charge in [-0.25, -0.2) is 8.42 Å². The van der Waals surface area contributed by atoms with Gasteiger partial charge in [-0.15, -0.1) is 0 Å². The van der Waals surface area contributed by atoms with Crippen molar-refractivity contribution in [2.75, 3.05) is 20.2 Å². The highest BCUT2D eigenvalue weighted by Crippen LogP contribution is 2.40. The first-order valence-corrected chi connectivity index (χ1v) is 13.0. The van der Waals surface area contributed by atoms with Gasteiger partial charge < -0.3 is 14.7 Å². The molecule has 33 heavy (non-hydrogen) atoms. The predicted molar refractivity (Wildman–Crippen MR) is 125 cm³/mol. The third-order valence-corrected chi connectivity index (χ3v) is 8.47. The number of likely N-dealkylation sites (tertiary alicyclic amines) is 1. The molecular formula is C25H32N2O5S. The molecule has 2 N–H and O–H groups in total. The molecule has 4 rings (SSSR count). The largest absolute Gasteiger partial charge is 0.497 e. The summed E-state index contributed by atoms with van der Waals surface area (Å²) < 4.78 is 34.0. The first-order chi connectivity index (χ1) is 15.8. The second-order valence-corrected chi connectivity index (χ2v) is 10.8. The Morgan fingerprint density at radius 2 is 1.88 bits per heavy atom. The molecule has 0 unspecified atom stereocenters. The average Bonchev–Trinajstić information content (AvgIpc) is 2.83. The highest BCUT2D eigenvalue weighted by Gasteiger charge is 2.44. The summed E-state index contributed by atoms with van der Waals surface area (Å²) in [6.07, 6.45) is 4.51. The molecule has 2 aliphatic rings. The molecule has 2 aromatic carbocycles. The number of sulfonamides is 1. The number of fused-ring (bicyclic) bond motifs is 1. The van der Waals surface area contributed by atoms with E-state index in [2.05, 4.69) is 4.72 Å². The molecule has 1 aliphatic carbocycles. The molecule has 7 nitrogen and oxygen atoms in total. The van der Waals surface area contributed by atoms with Crippen LogP contribution in [0.25, 0.3) is 0 Å². The third kappa shape index (κ3) is 5.39. The lowest BCUT2D eigenvalue weighted by Gasteiger charge is -2.48. The van der Waals surface area contributed by atoms with Crippen molar-refractivity contribution in [3.05, 3.63) is 60.2 Å². The zero-order valence-electron chi connectivity index (χ0n) is 18.9. The van der Waals surface area contributed by atoms with Crippen LogP contribution in [-0.4, -0.2) is 56.2 Å². The molecule has 1 saturated heterocycles. The molecule has 2 aromatic rings. The summed E-state index contributed by atoms with van der Waals surface area (Å²) in [5, 5.41) is 11.0. The van der Waals surface area contributed by atoms with E-state index in [0.29, 0.717) is 25.3 Å². The SMILES string of the molecule is COc1ccc(S(=O)(=O)N[C@H](Cc2ccccc2)C(=O)N2CC[C@]3(O)CCCC[C@@H]3C2)cc1. The van der Waals surface area contributed by atoms with Crippen molar-refractivity contribution in [3.8, 4) is 5.75 Å². The molecule has 0 aromatic heterocycles. The Morgan fingerprint density at radius 1 is 1.15 bits per heavy atom. The monoisotopic (exact) mass is 472 g/mol. The number of amides is 1. The average molecular weight is 473 g/mol. The lowest BCUT2D eigenvalue weighted by molar-refractivity contribution is -0.145. The number of benzene rings is 2. The van der Waals surface area contributed by atoms with E-state index in [1.54, 1.807) is 17.0 Å². The maximum absolute atomic E-state index is 13.6. The molecular weight excluding hydrogens is 440 g/mol. The Bertz CT molecular complexity index is 1060. The van der Waals surface area contributed by atoms with Crippen molar-refractivity contribution in [1.29, 1.82) is 0 Å². The third-order valence-electron chi connectivity index (χ3n) is 6.99. The summed E-state index contributed by atoms with van der Waals surface area (Å²) in [6.45, 7) is 0.895. The first kappa shape index (κ1) is 23.7. The van der Waals surface area contributed by atoms with Gasteiger partial charge in [0, 0.05) is 19.0 Å². The minimum atomic E-state index is -3.93. The van der Waals surface area contributed by atoms with Crippen molar-refractivity contribution in [3.63, 3.8) is 0 Å². The smallest absolute Gasteiger partial charge is 0.241 e. The number of piperidine rings is 1. The van der Waals surface area contributed by atoms with Gasteiger partial charge in [-0.05, 0) is 55.5 Å². The number of aliphatic hydroxyl groups is 1. The van der Waals surface area contributed by atoms with Gasteiger partial charge in [0.2, 0.25) is 15.9 Å². The Labute approximate surface area is 195 Å². The topological polar surface area (TPSA) is 95.9 Å². The molecule has 1 aliphatic heterocycles. The van der Waals surface area contributed by atoms with Crippen LogP contribution in [0.4, 0.5) is 0 Å². The van der Waals surface area contributed by atoms with Crippen LogP contribution < -0.4 is 9.46 Å². The van der Waals surface area contributed by atoms with Crippen LogP contribution in [0.5, 0.6) is 5.75 Å². The van der Waals surface area contributed by atoms with Crippen LogP contribution in [0.1, 0.15) is 37.7 Å². The minimum Gasteiger partial charge on any atom is -0.497 e. The Morgan fingerprint density at radius 3 is 2.58 bits per heavy atom. The zero-order chi connectivity index (χ0) is 23.5. The van der Waals surface area contributed by atoms with Crippen LogP contribution in [0.15, 0.2) is 59.5 Å². The number of rotatable bonds is 7. The van der Waals surface area contributed by atoms with Gasteiger partial charge >= 0.3 is 0 Å². The predicted octanol–water partition coefficient (Wildman–Crippen LogP) is 2.74. The molecule has 1 saturated carbocycles. The maximum atomic E-state index is 13.6. The van der Waals surface area contributed by atoms with Crippen LogP contribution >= 0.6 is 0 Å². The van der Waals surface area contributed by atoms with E-state index in [0.717, 1.165) is 31.2 Å². The Kier molecular flexibility index (Phi) is 7.07. The number of nitrogens with one attached hydrogen (secondary N) is 1. The maximum Gasteiger partial charge on any atom is 0.241 e. The summed E-state index contributed by atoms with van der Waals surface area (Å²) in [7, 11) is -2.41. The van der Waals surface area contributed by atoms with E-state index in [9.17, 15) is 18.3 Å². The lowest BCUT2D eigenvalue weighted by Crippen LogP contribution is -2.58.